The first-order valence-electron chi connectivity index (χ1n) is 4.95. The molecule has 0 amide bonds. The van der Waals surface area contributed by atoms with E-state index in [-0.39, 0.29) is 0 Å². The highest BCUT2D eigenvalue weighted by Crippen LogP contribution is 2.18. The monoisotopic (exact) mass is 181 g/mol. The fraction of sp³-hybridized carbons (Fsp3) is 0.636. The largest absolute Gasteiger partial charge is 0.376 e. The second-order valence-corrected chi connectivity index (χ2v) is 3.32. The minimum absolute atomic E-state index is 0.711. The van der Waals surface area contributed by atoms with E-state index in [1.165, 1.54) is 22.5 Å². The molecule has 1 rings (SSSR count). The molecule has 1 N–H and O–H groups in total. The first kappa shape index (κ1) is 10.3. The van der Waals surface area contributed by atoms with Crippen molar-refractivity contribution in [2.24, 2.45) is 0 Å². The fourth-order valence-electron chi connectivity index (χ4n) is 1.74. The van der Waals surface area contributed by atoms with Crippen molar-refractivity contribution in [1.29, 1.82) is 0 Å². The first-order valence-corrected chi connectivity index (χ1v) is 4.95. The van der Waals surface area contributed by atoms with Gasteiger partial charge in [-0.05, 0) is 38.3 Å². The quantitative estimate of drug-likeness (QED) is 0.759. The molecule has 13 heavy (non-hydrogen) atoms. The van der Waals surface area contributed by atoms with E-state index in [0.29, 0.717) is 6.61 Å². The van der Waals surface area contributed by atoms with Crippen LogP contribution in [0.5, 0.6) is 0 Å². The van der Waals surface area contributed by atoms with Gasteiger partial charge in [-0.1, -0.05) is 6.92 Å². The van der Waals surface area contributed by atoms with Crippen LogP contribution in [-0.2, 0) is 17.8 Å². The number of aromatic amines is 1. The molecular formula is C11H19NO. The number of hydrogen-bond donors (Lipinski definition) is 1. The number of rotatable bonds is 4. The van der Waals surface area contributed by atoms with E-state index in [4.69, 9.17) is 4.74 Å². The zero-order valence-corrected chi connectivity index (χ0v) is 9.03. The molecule has 0 atom stereocenters. The summed E-state index contributed by atoms with van der Waals surface area (Å²) in [6.45, 7) is 9.99. The lowest BCUT2D eigenvalue weighted by Crippen LogP contribution is -1.94. The molecule has 1 aromatic heterocycles. The highest BCUT2D eigenvalue weighted by atomic mass is 16.5. The molecule has 1 heterocycles. The highest BCUT2D eigenvalue weighted by Gasteiger charge is 2.08. The van der Waals surface area contributed by atoms with Gasteiger partial charge in [0.2, 0.25) is 0 Å². The Bertz CT molecular complexity index is 276. The number of hydrogen-bond acceptors (Lipinski definition) is 1. The number of aryl methyl sites for hydroxylation is 1. The maximum absolute atomic E-state index is 5.38. The maximum Gasteiger partial charge on any atom is 0.0868 e. The zero-order chi connectivity index (χ0) is 9.84. The van der Waals surface area contributed by atoms with Crippen LogP contribution in [0.4, 0.5) is 0 Å². The highest BCUT2D eigenvalue weighted by molar-refractivity contribution is 5.35. The summed E-state index contributed by atoms with van der Waals surface area (Å²) >= 11 is 0. The third-order valence-electron chi connectivity index (χ3n) is 2.50. The van der Waals surface area contributed by atoms with Gasteiger partial charge in [-0.2, -0.15) is 0 Å². The van der Waals surface area contributed by atoms with E-state index >= 15 is 0 Å². The van der Waals surface area contributed by atoms with E-state index in [1.54, 1.807) is 0 Å². The predicted molar refractivity (Wildman–Crippen MR) is 55.0 cm³/mol. The lowest BCUT2D eigenvalue weighted by Gasteiger charge is -2.00. The summed E-state index contributed by atoms with van der Waals surface area (Å²) in [6, 6.07) is 0. The molecule has 0 aliphatic rings. The van der Waals surface area contributed by atoms with Crippen LogP contribution in [0.15, 0.2) is 0 Å². The third-order valence-corrected chi connectivity index (χ3v) is 2.50. The molecular weight excluding hydrogens is 162 g/mol. The van der Waals surface area contributed by atoms with Crippen molar-refractivity contribution in [3.63, 3.8) is 0 Å². The van der Waals surface area contributed by atoms with Crippen molar-refractivity contribution in [3.8, 4) is 0 Å². The summed E-state index contributed by atoms with van der Waals surface area (Å²) in [7, 11) is 0. The molecule has 0 saturated heterocycles. The Morgan fingerprint density at radius 3 is 2.38 bits per heavy atom. The van der Waals surface area contributed by atoms with Gasteiger partial charge in [0.05, 0.1) is 6.61 Å². The second kappa shape index (κ2) is 4.47. The van der Waals surface area contributed by atoms with Crippen molar-refractivity contribution in [1.82, 2.24) is 4.98 Å². The van der Waals surface area contributed by atoms with Gasteiger partial charge in [0.25, 0.3) is 0 Å². The molecule has 0 saturated carbocycles. The summed E-state index contributed by atoms with van der Waals surface area (Å²) in [6.07, 6.45) is 1.10. The average Bonchev–Trinajstić information content (AvgIpc) is 2.38. The van der Waals surface area contributed by atoms with Crippen molar-refractivity contribution < 1.29 is 4.74 Å². The Hall–Kier alpha value is -0.760. The van der Waals surface area contributed by atoms with Crippen LogP contribution in [0.1, 0.15) is 36.4 Å². The Morgan fingerprint density at radius 1 is 1.23 bits per heavy atom. The van der Waals surface area contributed by atoms with Gasteiger partial charge in [0.15, 0.2) is 0 Å². The summed E-state index contributed by atoms with van der Waals surface area (Å²) in [5, 5.41) is 0. The number of nitrogens with one attached hydrogen (secondary N) is 1. The molecule has 2 nitrogen and oxygen atoms in total. The number of H-pyrrole nitrogens is 1. The third kappa shape index (κ3) is 2.13. The Labute approximate surface area is 80.3 Å². The van der Waals surface area contributed by atoms with E-state index in [9.17, 15) is 0 Å². The van der Waals surface area contributed by atoms with Gasteiger partial charge in [0.1, 0.15) is 0 Å². The van der Waals surface area contributed by atoms with Crippen LogP contribution in [0.25, 0.3) is 0 Å². The molecule has 0 bridgehead atoms. The molecule has 0 radical (unpaired) electrons. The molecule has 0 aliphatic carbocycles. The van der Waals surface area contributed by atoms with Gasteiger partial charge in [-0.25, -0.2) is 0 Å². The van der Waals surface area contributed by atoms with Crippen LogP contribution in [0, 0.1) is 13.8 Å². The average molecular weight is 181 g/mol. The van der Waals surface area contributed by atoms with E-state index in [2.05, 4.69) is 25.8 Å². The standard InChI is InChI=1S/C11H19NO/c1-5-10-8(3)11(7-13-6-2)12-9(10)4/h12H,5-7H2,1-4H3. The topological polar surface area (TPSA) is 25.0 Å². The van der Waals surface area contributed by atoms with Gasteiger partial charge in [-0.3, -0.25) is 0 Å². The lowest BCUT2D eigenvalue weighted by molar-refractivity contribution is 0.131. The van der Waals surface area contributed by atoms with Gasteiger partial charge in [-0.15, -0.1) is 0 Å². The fourth-order valence-corrected chi connectivity index (χ4v) is 1.74. The minimum atomic E-state index is 0.711. The SMILES string of the molecule is CCOCc1[nH]c(C)c(CC)c1C. The van der Waals surface area contributed by atoms with Crippen LogP contribution in [0.2, 0.25) is 0 Å². The maximum atomic E-state index is 5.38. The Kier molecular flexibility index (Phi) is 3.55. The van der Waals surface area contributed by atoms with Crippen molar-refractivity contribution in [2.75, 3.05) is 6.61 Å². The summed E-state index contributed by atoms with van der Waals surface area (Å²) in [4.78, 5) is 3.37. The van der Waals surface area contributed by atoms with Crippen LogP contribution >= 0.6 is 0 Å². The van der Waals surface area contributed by atoms with E-state index in [1.807, 2.05) is 6.92 Å². The summed E-state index contributed by atoms with van der Waals surface area (Å²) in [5.74, 6) is 0. The zero-order valence-electron chi connectivity index (χ0n) is 9.03. The predicted octanol–water partition coefficient (Wildman–Crippen LogP) is 2.73. The normalized spacial score (nSPS) is 10.8. The smallest absolute Gasteiger partial charge is 0.0868 e. The second-order valence-electron chi connectivity index (χ2n) is 3.32. The minimum Gasteiger partial charge on any atom is -0.376 e. The molecule has 0 aromatic carbocycles. The molecule has 0 unspecified atom stereocenters. The van der Waals surface area contributed by atoms with E-state index < -0.39 is 0 Å². The molecule has 0 fully saturated rings. The summed E-state index contributed by atoms with van der Waals surface area (Å²) < 4.78 is 5.38. The molecule has 2 heteroatoms. The van der Waals surface area contributed by atoms with E-state index in [0.717, 1.165) is 13.0 Å². The Morgan fingerprint density at radius 2 is 1.92 bits per heavy atom. The van der Waals surface area contributed by atoms with Crippen molar-refractivity contribution >= 4 is 0 Å². The molecule has 0 aliphatic heterocycles. The van der Waals surface area contributed by atoms with Crippen LogP contribution in [0.3, 0.4) is 0 Å². The number of ether oxygens (including phenoxy) is 1. The van der Waals surface area contributed by atoms with Gasteiger partial charge in [0, 0.05) is 18.0 Å². The first-order chi connectivity index (χ1) is 6.20. The van der Waals surface area contributed by atoms with Gasteiger partial charge < -0.3 is 9.72 Å². The van der Waals surface area contributed by atoms with Crippen LogP contribution in [-0.4, -0.2) is 11.6 Å². The number of aromatic nitrogens is 1. The molecule has 74 valence electrons. The molecule has 0 spiro atoms. The lowest BCUT2D eigenvalue weighted by atomic mass is 10.1. The Balaban J connectivity index is 2.83. The summed E-state index contributed by atoms with van der Waals surface area (Å²) in [5.41, 5.74) is 5.33. The van der Waals surface area contributed by atoms with Crippen molar-refractivity contribution in [3.05, 3.63) is 22.5 Å². The van der Waals surface area contributed by atoms with Crippen molar-refractivity contribution in [2.45, 2.75) is 40.7 Å². The van der Waals surface area contributed by atoms with Gasteiger partial charge >= 0.3 is 0 Å². The molecule has 1 aromatic rings. The van der Waals surface area contributed by atoms with Crippen LogP contribution < -0.4 is 0 Å².